The van der Waals surface area contributed by atoms with E-state index in [4.69, 9.17) is 0 Å². The number of hydrogen-bond donors (Lipinski definition) is 0. The van der Waals surface area contributed by atoms with Gasteiger partial charge in [0, 0.05) is 17.4 Å². The minimum absolute atomic E-state index is 0.243. The molecule has 0 aromatic carbocycles. The molecule has 0 unspecified atom stereocenters. The maximum atomic E-state index is 12.2. The predicted molar refractivity (Wildman–Crippen MR) is 89.7 cm³/mol. The van der Waals surface area contributed by atoms with E-state index in [-0.39, 0.29) is 5.92 Å². The van der Waals surface area contributed by atoms with Gasteiger partial charge in [0.1, 0.15) is 11.5 Å². The average molecular weight is 504 g/mol. The molecule has 0 aromatic rings. The Morgan fingerprint density at radius 2 is 1.38 bits per heavy atom. The minimum Gasteiger partial charge on any atom is -0.743 e. The van der Waals surface area contributed by atoms with Gasteiger partial charge >= 0.3 is 23.3 Å². The molecule has 0 bridgehead atoms. The maximum Gasteiger partial charge on any atom is 0.460 e. The Bertz CT molecular complexity index is 657. The standard InChI is InChI=1S/C9H17OS2.C4HF9O3S/c1-8(2)9(10)7-12-5-3-11-4-6-12;5-1(6,3(9,10)11)2(7,8)4(12,13)17(14,15)16/h8H,3-7H2,1-2H3;(H,14,15,16)/q+1;/p-1. The summed E-state index contributed by atoms with van der Waals surface area (Å²) in [6, 6.07) is 0. The van der Waals surface area contributed by atoms with Crippen LogP contribution in [0.15, 0.2) is 0 Å². The summed E-state index contributed by atoms with van der Waals surface area (Å²) in [7, 11) is -6.98. The van der Waals surface area contributed by atoms with Crippen LogP contribution in [0.25, 0.3) is 0 Å². The molecule has 29 heavy (non-hydrogen) atoms. The van der Waals surface area contributed by atoms with Gasteiger partial charge in [-0.3, -0.25) is 4.79 Å². The number of hydrogen-bond acceptors (Lipinski definition) is 5. The van der Waals surface area contributed by atoms with Crippen molar-refractivity contribution in [3.05, 3.63) is 0 Å². The molecule has 0 amide bonds. The topological polar surface area (TPSA) is 74.3 Å². The van der Waals surface area contributed by atoms with Gasteiger partial charge in [-0.25, -0.2) is 8.42 Å². The van der Waals surface area contributed by atoms with Crippen LogP contribution in [-0.2, 0) is 25.8 Å². The van der Waals surface area contributed by atoms with Crippen molar-refractivity contribution in [2.45, 2.75) is 37.1 Å². The van der Waals surface area contributed by atoms with Gasteiger partial charge in [0.25, 0.3) is 0 Å². The lowest BCUT2D eigenvalue weighted by Crippen LogP contribution is -2.63. The van der Waals surface area contributed by atoms with E-state index in [1.54, 1.807) is 0 Å². The van der Waals surface area contributed by atoms with Crippen LogP contribution in [0.2, 0.25) is 0 Å². The van der Waals surface area contributed by atoms with Gasteiger partial charge in [-0.2, -0.15) is 51.3 Å². The normalized spacial score (nSPS) is 17.7. The Morgan fingerprint density at radius 1 is 0.966 bits per heavy atom. The fourth-order valence-electron chi connectivity index (χ4n) is 1.59. The lowest BCUT2D eigenvalue weighted by atomic mass is 10.1. The zero-order chi connectivity index (χ0) is 23.5. The van der Waals surface area contributed by atoms with Crippen LogP contribution in [0.4, 0.5) is 39.5 Å². The number of ketones is 1. The minimum atomic E-state index is -7.43. The molecule has 1 aliphatic rings. The van der Waals surface area contributed by atoms with E-state index in [2.05, 4.69) is 0 Å². The molecule has 1 rings (SSSR count). The van der Waals surface area contributed by atoms with Gasteiger partial charge in [0.2, 0.25) is 0 Å². The molecule has 1 saturated heterocycles. The highest BCUT2D eigenvalue weighted by molar-refractivity contribution is 8.05. The lowest BCUT2D eigenvalue weighted by Gasteiger charge is -2.34. The third-order valence-corrected chi connectivity index (χ3v) is 8.10. The highest BCUT2D eigenvalue weighted by Crippen LogP contribution is 2.54. The van der Waals surface area contributed by atoms with Gasteiger partial charge in [-0.05, 0) is 10.9 Å². The summed E-state index contributed by atoms with van der Waals surface area (Å²) < 4.78 is 135. The van der Waals surface area contributed by atoms with E-state index in [1.165, 1.54) is 23.0 Å². The Hall–Kier alpha value is -0.350. The highest BCUT2D eigenvalue weighted by atomic mass is 32.2. The molecule has 0 radical (unpaired) electrons. The number of Topliss-reactive ketones (excluding diaryl/α,β-unsaturated/α-hetero) is 1. The van der Waals surface area contributed by atoms with Gasteiger partial charge in [-0.15, -0.1) is 0 Å². The first-order valence-electron chi connectivity index (χ1n) is 7.60. The van der Waals surface area contributed by atoms with Crippen molar-refractivity contribution < 1.29 is 57.3 Å². The van der Waals surface area contributed by atoms with Crippen molar-refractivity contribution in [3.8, 4) is 0 Å². The van der Waals surface area contributed by atoms with Crippen LogP contribution in [0.1, 0.15) is 13.8 Å². The molecule has 0 aliphatic carbocycles. The third kappa shape index (κ3) is 6.82. The zero-order valence-electron chi connectivity index (χ0n) is 14.9. The van der Waals surface area contributed by atoms with Gasteiger partial charge in [-0.1, -0.05) is 13.8 Å². The summed E-state index contributed by atoms with van der Waals surface area (Å²) in [4.78, 5) is 11.4. The average Bonchev–Trinajstić information content (AvgIpc) is 2.53. The summed E-state index contributed by atoms with van der Waals surface area (Å²) in [5, 5.41) is -7.11. The van der Waals surface area contributed by atoms with Gasteiger partial charge in [0.15, 0.2) is 21.7 Å². The molecule has 0 aromatic heterocycles. The summed E-state index contributed by atoms with van der Waals surface area (Å²) in [6.07, 6.45) is -7.16. The Balaban J connectivity index is 0.000000571. The van der Waals surface area contributed by atoms with Crippen LogP contribution in [0, 0.1) is 5.92 Å². The number of rotatable bonds is 6. The number of carbonyl (C=O) groups excluding carboxylic acids is 1. The Kier molecular flexibility index (Phi) is 9.73. The van der Waals surface area contributed by atoms with Crippen LogP contribution in [0.3, 0.4) is 0 Å². The van der Waals surface area contributed by atoms with E-state index >= 15 is 0 Å². The van der Waals surface area contributed by atoms with E-state index in [9.17, 15) is 57.3 Å². The number of thioether (sulfide) groups is 1. The molecule has 16 heteroatoms. The number of halogens is 9. The zero-order valence-corrected chi connectivity index (χ0v) is 17.3. The predicted octanol–water partition coefficient (Wildman–Crippen LogP) is 3.53. The molecule has 4 nitrogen and oxygen atoms in total. The number of alkyl halides is 9. The highest BCUT2D eigenvalue weighted by Gasteiger charge is 2.83. The first kappa shape index (κ1) is 28.6. The molecule has 174 valence electrons. The second kappa shape index (κ2) is 9.85. The molecule has 1 aliphatic heterocycles. The second-order valence-corrected chi connectivity index (χ2v) is 11.0. The van der Waals surface area contributed by atoms with Crippen molar-refractivity contribution in [1.82, 2.24) is 0 Å². The van der Waals surface area contributed by atoms with Gasteiger partial charge < -0.3 is 4.55 Å². The first-order valence-corrected chi connectivity index (χ1v) is 11.9. The molecule has 0 N–H and O–H groups in total. The monoisotopic (exact) mass is 504 g/mol. The molecule has 0 spiro atoms. The molecular weight excluding hydrogens is 487 g/mol. The van der Waals surface area contributed by atoms with Crippen LogP contribution in [0.5, 0.6) is 0 Å². The molecule has 0 saturated carbocycles. The largest absolute Gasteiger partial charge is 0.743 e. The van der Waals surface area contributed by atoms with Crippen molar-refractivity contribution in [2.75, 3.05) is 28.8 Å². The Labute approximate surface area is 168 Å². The third-order valence-electron chi connectivity index (χ3n) is 3.45. The van der Waals surface area contributed by atoms with Crippen LogP contribution < -0.4 is 0 Å². The molecule has 1 heterocycles. The van der Waals surface area contributed by atoms with Crippen molar-refractivity contribution in [2.24, 2.45) is 5.92 Å². The van der Waals surface area contributed by atoms with Gasteiger partial charge in [0.05, 0.1) is 0 Å². The van der Waals surface area contributed by atoms with E-state index in [0.29, 0.717) is 16.7 Å². The molecular formula is C13H17F9O4S3. The van der Waals surface area contributed by atoms with Crippen LogP contribution >= 0.6 is 11.8 Å². The van der Waals surface area contributed by atoms with E-state index < -0.39 is 33.4 Å². The van der Waals surface area contributed by atoms with Crippen molar-refractivity contribution in [3.63, 3.8) is 0 Å². The fourth-order valence-corrected chi connectivity index (χ4v) is 6.29. The fraction of sp³-hybridized carbons (Fsp3) is 0.923. The maximum absolute atomic E-state index is 12.2. The van der Waals surface area contributed by atoms with Crippen molar-refractivity contribution in [1.29, 1.82) is 0 Å². The summed E-state index contributed by atoms with van der Waals surface area (Å²) in [6.45, 7) is 4.01. The molecule has 0 atom stereocenters. The van der Waals surface area contributed by atoms with Crippen molar-refractivity contribution >= 4 is 38.6 Å². The van der Waals surface area contributed by atoms with Crippen LogP contribution in [-0.4, -0.2) is 70.8 Å². The summed E-state index contributed by atoms with van der Waals surface area (Å²) >= 11 is 2.03. The van der Waals surface area contributed by atoms with E-state index in [0.717, 1.165) is 5.75 Å². The SMILES string of the molecule is CC(C)C(=O)C[S+]1CCSCC1.O=S(=O)([O-])C(F)(F)C(F)(F)C(F)(F)C(F)(F)F. The summed E-state index contributed by atoms with van der Waals surface area (Å²) in [5.41, 5.74) is 0. The summed E-state index contributed by atoms with van der Waals surface area (Å²) in [5.74, 6) is -8.15. The molecule has 1 fully saturated rings. The first-order chi connectivity index (χ1) is 12.7. The quantitative estimate of drug-likeness (QED) is 0.314. The van der Waals surface area contributed by atoms with E-state index in [1.807, 2.05) is 25.6 Å². The lowest BCUT2D eigenvalue weighted by molar-refractivity contribution is -0.382. The smallest absolute Gasteiger partial charge is 0.460 e. The Morgan fingerprint density at radius 3 is 1.69 bits per heavy atom. The second-order valence-electron chi connectivity index (χ2n) is 6.02. The number of carbonyl (C=O) groups is 1.